The van der Waals surface area contributed by atoms with Crippen molar-refractivity contribution < 1.29 is 14.3 Å². The van der Waals surface area contributed by atoms with Gasteiger partial charge in [-0.15, -0.1) is 0 Å². The fourth-order valence-corrected chi connectivity index (χ4v) is 3.73. The van der Waals surface area contributed by atoms with Gasteiger partial charge in [0.1, 0.15) is 5.56 Å². The number of ketones is 1. The minimum absolute atomic E-state index is 0.187. The molecule has 5 nitrogen and oxygen atoms in total. The van der Waals surface area contributed by atoms with Gasteiger partial charge in [-0.2, -0.15) is 5.10 Å². The highest BCUT2D eigenvalue weighted by molar-refractivity contribution is 5.99. The van der Waals surface area contributed by atoms with Crippen LogP contribution in [-0.2, 0) is 11.8 Å². The molecule has 0 aliphatic heterocycles. The number of ether oxygens (including phenoxy) is 1. The Morgan fingerprint density at radius 2 is 1.77 bits per heavy atom. The lowest BCUT2D eigenvalue weighted by Gasteiger charge is -2.22. The zero-order chi connectivity index (χ0) is 18.7. The molecule has 0 bridgehead atoms. The maximum Gasteiger partial charge on any atom is 0.342 e. The normalized spacial score (nSPS) is 15.0. The van der Waals surface area contributed by atoms with E-state index in [1.54, 1.807) is 18.7 Å². The van der Waals surface area contributed by atoms with Gasteiger partial charge in [0.05, 0.1) is 5.69 Å². The minimum Gasteiger partial charge on any atom is -0.454 e. The Morgan fingerprint density at radius 3 is 2.35 bits per heavy atom. The van der Waals surface area contributed by atoms with E-state index < -0.39 is 5.97 Å². The van der Waals surface area contributed by atoms with Crippen LogP contribution in [0.5, 0.6) is 0 Å². The third-order valence-corrected chi connectivity index (χ3v) is 5.36. The van der Waals surface area contributed by atoms with E-state index in [9.17, 15) is 9.59 Å². The Labute approximate surface area is 154 Å². The van der Waals surface area contributed by atoms with Crippen LogP contribution in [0.25, 0.3) is 0 Å². The van der Waals surface area contributed by atoms with Crippen LogP contribution in [0.2, 0.25) is 0 Å². The molecule has 3 rings (SSSR count). The van der Waals surface area contributed by atoms with Crippen molar-refractivity contribution in [1.29, 1.82) is 0 Å². The molecular weight excluding hydrogens is 328 g/mol. The fraction of sp³-hybridized carbons (Fsp3) is 0.476. The van der Waals surface area contributed by atoms with Crippen LogP contribution < -0.4 is 0 Å². The number of carbonyl (C=O) groups is 2. The summed E-state index contributed by atoms with van der Waals surface area (Å²) in [7, 11) is 1.78. The van der Waals surface area contributed by atoms with Gasteiger partial charge in [-0.05, 0) is 38.2 Å². The maximum absolute atomic E-state index is 12.3. The molecule has 5 heteroatoms. The van der Waals surface area contributed by atoms with Crippen molar-refractivity contribution in [1.82, 2.24) is 9.78 Å². The second-order valence-electron chi connectivity index (χ2n) is 7.13. The van der Waals surface area contributed by atoms with Crippen LogP contribution in [0, 0.1) is 13.8 Å². The monoisotopic (exact) mass is 354 g/mol. The van der Waals surface area contributed by atoms with E-state index in [2.05, 4.69) is 5.10 Å². The molecule has 1 aromatic heterocycles. The summed E-state index contributed by atoms with van der Waals surface area (Å²) in [4.78, 5) is 24.6. The Bertz CT molecular complexity index is 799. The van der Waals surface area contributed by atoms with Gasteiger partial charge >= 0.3 is 5.97 Å². The summed E-state index contributed by atoms with van der Waals surface area (Å²) in [6, 6.07) is 7.78. The predicted octanol–water partition coefficient (Wildman–Crippen LogP) is 4.12. The zero-order valence-electron chi connectivity index (χ0n) is 15.7. The largest absolute Gasteiger partial charge is 0.454 e. The maximum atomic E-state index is 12.3. The van der Waals surface area contributed by atoms with Gasteiger partial charge in [-0.25, -0.2) is 4.79 Å². The summed E-state index contributed by atoms with van der Waals surface area (Å²) >= 11 is 0. The van der Waals surface area contributed by atoms with Crippen molar-refractivity contribution in [3.8, 4) is 0 Å². The number of hydrogen-bond acceptors (Lipinski definition) is 4. The number of aromatic nitrogens is 2. The molecule has 0 atom stereocenters. The topological polar surface area (TPSA) is 61.2 Å². The van der Waals surface area contributed by atoms with Crippen molar-refractivity contribution in [3.05, 3.63) is 52.3 Å². The standard InChI is InChI=1S/C21H26N2O3/c1-14-20(15(2)23(3)22-14)21(25)26-13-19(24)18-11-9-17(10-12-18)16-7-5-4-6-8-16/h9-12,16H,4-8,13H2,1-3H3. The molecule has 26 heavy (non-hydrogen) atoms. The predicted molar refractivity (Wildman–Crippen MR) is 99.6 cm³/mol. The van der Waals surface area contributed by atoms with Crippen LogP contribution in [0.3, 0.4) is 0 Å². The van der Waals surface area contributed by atoms with Gasteiger partial charge in [-0.3, -0.25) is 9.48 Å². The van der Waals surface area contributed by atoms with Crippen LogP contribution in [0.1, 0.15) is 75.7 Å². The second kappa shape index (κ2) is 7.85. The number of esters is 1. The summed E-state index contributed by atoms with van der Waals surface area (Å²) in [6.45, 7) is 3.31. The Balaban J connectivity index is 1.60. The molecule has 1 aliphatic rings. The fourth-order valence-electron chi connectivity index (χ4n) is 3.73. The lowest BCUT2D eigenvalue weighted by atomic mass is 9.84. The summed E-state index contributed by atoms with van der Waals surface area (Å²) < 4.78 is 6.86. The number of nitrogens with zero attached hydrogens (tertiary/aromatic N) is 2. The first-order valence-corrected chi connectivity index (χ1v) is 9.28. The molecule has 1 aliphatic carbocycles. The first kappa shape index (κ1) is 18.4. The Morgan fingerprint density at radius 1 is 1.12 bits per heavy atom. The van der Waals surface area contributed by atoms with Gasteiger partial charge in [0.25, 0.3) is 0 Å². The molecule has 0 radical (unpaired) electrons. The number of benzene rings is 1. The number of Topliss-reactive ketones (excluding diaryl/α,β-unsaturated/α-hetero) is 1. The van der Waals surface area contributed by atoms with E-state index in [4.69, 9.17) is 4.74 Å². The number of aryl methyl sites for hydroxylation is 2. The number of hydrogen-bond donors (Lipinski definition) is 0. The van der Waals surface area contributed by atoms with Gasteiger partial charge in [0.15, 0.2) is 12.4 Å². The van der Waals surface area contributed by atoms with Crippen LogP contribution in [0.15, 0.2) is 24.3 Å². The van der Waals surface area contributed by atoms with Crippen LogP contribution >= 0.6 is 0 Å². The summed E-state index contributed by atoms with van der Waals surface area (Å²) in [5.74, 6) is -0.0738. The lowest BCUT2D eigenvalue weighted by Crippen LogP contribution is -2.15. The minimum atomic E-state index is -0.500. The smallest absolute Gasteiger partial charge is 0.342 e. The first-order valence-electron chi connectivity index (χ1n) is 9.28. The zero-order valence-corrected chi connectivity index (χ0v) is 15.7. The average Bonchev–Trinajstić information content (AvgIpc) is 2.92. The molecule has 1 heterocycles. The summed E-state index contributed by atoms with van der Waals surface area (Å²) in [5, 5.41) is 4.20. The first-order chi connectivity index (χ1) is 12.5. The third-order valence-electron chi connectivity index (χ3n) is 5.36. The van der Waals surface area contributed by atoms with Crippen molar-refractivity contribution in [2.75, 3.05) is 6.61 Å². The molecular formula is C21H26N2O3. The molecule has 1 saturated carbocycles. The molecule has 0 spiro atoms. The van der Waals surface area contributed by atoms with E-state index in [0.717, 1.165) is 5.69 Å². The van der Waals surface area contributed by atoms with E-state index >= 15 is 0 Å². The van der Waals surface area contributed by atoms with Crippen LogP contribution in [-0.4, -0.2) is 28.1 Å². The molecule has 0 N–H and O–H groups in total. The highest BCUT2D eigenvalue weighted by Gasteiger charge is 2.20. The van der Waals surface area contributed by atoms with E-state index in [1.807, 2.05) is 31.2 Å². The number of carbonyl (C=O) groups excluding carboxylic acids is 2. The average molecular weight is 354 g/mol. The van der Waals surface area contributed by atoms with Gasteiger partial charge in [-0.1, -0.05) is 43.5 Å². The molecule has 138 valence electrons. The lowest BCUT2D eigenvalue weighted by molar-refractivity contribution is 0.0473. The molecule has 1 fully saturated rings. The van der Waals surface area contributed by atoms with E-state index in [0.29, 0.717) is 22.7 Å². The van der Waals surface area contributed by atoms with Crippen molar-refractivity contribution in [3.63, 3.8) is 0 Å². The van der Waals surface area contributed by atoms with Crippen molar-refractivity contribution in [2.24, 2.45) is 7.05 Å². The van der Waals surface area contributed by atoms with Crippen molar-refractivity contribution in [2.45, 2.75) is 51.9 Å². The van der Waals surface area contributed by atoms with Gasteiger partial charge in [0, 0.05) is 18.3 Å². The molecule has 0 amide bonds. The SMILES string of the molecule is Cc1nn(C)c(C)c1C(=O)OCC(=O)c1ccc(C2CCCCC2)cc1. The molecule has 0 unspecified atom stereocenters. The number of rotatable bonds is 5. The third kappa shape index (κ3) is 3.87. The quantitative estimate of drug-likeness (QED) is 0.598. The highest BCUT2D eigenvalue weighted by atomic mass is 16.5. The van der Waals surface area contributed by atoms with E-state index in [-0.39, 0.29) is 12.4 Å². The summed E-state index contributed by atoms with van der Waals surface area (Å²) in [6.07, 6.45) is 6.36. The van der Waals surface area contributed by atoms with Crippen molar-refractivity contribution >= 4 is 11.8 Å². The molecule has 1 aromatic carbocycles. The Kier molecular flexibility index (Phi) is 5.55. The summed E-state index contributed by atoms with van der Waals surface area (Å²) in [5.41, 5.74) is 3.67. The second-order valence-corrected chi connectivity index (χ2v) is 7.13. The highest BCUT2D eigenvalue weighted by Crippen LogP contribution is 2.32. The van der Waals surface area contributed by atoms with Gasteiger partial charge < -0.3 is 4.74 Å². The van der Waals surface area contributed by atoms with E-state index in [1.165, 1.54) is 37.7 Å². The van der Waals surface area contributed by atoms with Crippen LogP contribution in [0.4, 0.5) is 0 Å². The molecule has 2 aromatic rings. The Hall–Kier alpha value is -2.43. The molecule has 0 saturated heterocycles. The van der Waals surface area contributed by atoms with Gasteiger partial charge in [0.2, 0.25) is 0 Å².